The van der Waals surface area contributed by atoms with E-state index in [4.69, 9.17) is 21.9 Å². The molecule has 1 aromatic rings. The number of nitriles is 1. The zero-order valence-electron chi connectivity index (χ0n) is 24.4. The molecule has 0 aromatic heterocycles. The van der Waals surface area contributed by atoms with Gasteiger partial charge in [-0.15, -0.1) is 0 Å². The van der Waals surface area contributed by atoms with Crippen molar-refractivity contribution in [3.63, 3.8) is 0 Å². The topological polar surface area (TPSA) is 252 Å². The zero-order valence-corrected chi connectivity index (χ0v) is 24.4. The Morgan fingerprint density at radius 2 is 1.82 bits per heavy atom. The fourth-order valence-corrected chi connectivity index (χ4v) is 7.73. The third-order valence-corrected chi connectivity index (χ3v) is 9.64. The number of Topliss-reactive ketones (excluding diaryl/α,β-unsaturated/α-hetero) is 4. The minimum Gasteiger partial charge on any atom is -0.507 e. The third-order valence-electron chi connectivity index (χ3n) is 9.64. The van der Waals surface area contributed by atoms with E-state index < -0.39 is 81.1 Å². The predicted octanol–water partition coefficient (Wildman–Crippen LogP) is -3.37. The van der Waals surface area contributed by atoms with Crippen molar-refractivity contribution in [2.75, 3.05) is 46.9 Å². The van der Waals surface area contributed by atoms with E-state index in [0.717, 1.165) is 0 Å². The molecule has 234 valence electrons. The number of carbonyl (C=O) groups excluding carboxylic acids is 6. The number of fused-ring (bicyclic) bond motifs is 3. The first kappa shape index (κ1) is 31.4. The zero-order chi connectivity index (χ0) is 32.4. The molecule has 2 saturated carbocycles. The van der Waals surface area contributed by atoms with Crippen LogP contribution in [0.3, 0.4) is 0 Å². The van der Waals surface area contributed by atoms with E-state index in [1.807, 2.05) is 4.90 Å². The van der Waals surface area contributed by atoms with Crippen LogP contribution in [-0.2, 0) is 35.1 Å². The summed E-state index contributed by atoms with van der Waals surface area (Å²) in [6.07, 6.45) is -0.389. The van der Waals surface area contributed by atoms with Crippen molar-refractivity contribution in [3.8, 4) is 11.8 Å². The first-order chi connectivity index (χ1) is 20.7. The van der Waals surface area contributed by atoms with Crippen LogP contribution in [0.2, 0.25) is 0 Å². The summed E-state index contributed by atoms with van der Waals surface area (Å²) in [6, 6.07) is 2.50. The first-order valence-corrected chi connectivity index (χ1v) is 14.2. The fraction of sp³-hybridized carbons (Fsp3) is 0.552. The van der Waals surface area contributed by atoms with Crippen LogP contribution in [0.1, 0.15) is 22.3 Å². The largest absolute Gasteiger partial charge is 0.507 e. The second-order valence-electron chi connectivity index (χ2n) is 12.2. The molecule has 8 N–H and O–H groups in total. The van der Waals surface area contributed by atoms with Gasteiger partial charge in [-0.1, -0.05) is 12.1 Å². The van der Waals surface area contributed by atoms with Gasteiger partial charge in [-0.25, -0.2) is 0 Å². The number of ether oxygens (including phenoxy) is 1. The van der Waals surface area contributed by atoms with Crippen LogP contribution >= 0.6 is 0 Å². The van der Waals surface area contributed by atoms with Gasteiger partial charge in [0.05, 0.1) is 48.0 Å². The molecule has 3 aliphatic carbocycles. The van der Waals surface area contributed by atoms with Gasteiger partial charge in [-0.3, -0.25) is 38.6 Å². The highest BCUT2D eigenvalue weighted by atomic mass is 16.5. The molecule has 1 heterocycles. The van der Waals surface area contributed by atoms with E-state index in [2.05, 4.69) is 5.32 Å². The highest BCUT2D eigenvalue weighted by Gasteiger charge is 2.82. The van der Waals surface area contributed by atoms with Crippen LogP contribution in [0, 0.1) is 28.6 Å². The lowest BCUT2D eigenvalue weighted by atomic mass is 9.41. The quantitative estimate of drug-likeness (QED) is 0.198. The number of rotatable bonds is 6. The second-order valence-corrected chi connectivity index (χ2v) is 12.2. The lowest BCUT2D eigenvalue weighted by Crippen LogP contribution is -2.93. The summed E-state index contributed by atoms with van der Waals surface area (Å²) in [5.74, 6) is -11.5. The Kier molecular flexibility index (Phi) is 7.71. The SMILES string of the molecule is CN(C)[C@@H]1C(=O)C(C(N)=O)C(=O)[C@@]2(C#N)C(=O)C3C(=O)c4c(O)cccc4C[C@@]3(N)[C@H](NC(=O)CCN3CCOCC3)[C@@]12N. The maximum atomic E-state index is 14.6. The first-order valence-electron chi connectivity index (χ1n) is 14.2. The number of hydrogen-bond acceptors (Lipinski definition) is 13. The van der Waals surface area contributed by atoms with Gasteiger partial charge in [0, 0.05) is 26.1 Å². The van der Waals surface area contributed by atoms with Crippen molar-refractivity contribution < 1.29 is 38.6 Å². The van der Waals surface area contributed by atoms with Gasteiger partial charge in [-0.2, -0.15) is 5.26 Å². The van der Waals surface area contributed by atoms with Crippen LogP contribution in [0.15, 0.2) is 18.2 Å². The summed E-state index contributed by atoms with van der Waals surface area (Å²) >= 11 is 0. The summed E-state index contributed by atoms with van der Waals surface area (Å²) in [4.78, 5) is 86.0. The van der Waals surface area contributed by atoms with Crippen molar-refractivity contribution in [2.45, 2.75) is 36.0 Å². The molecule has 2 amide bonds. The minimum atomic E-state index is -3.01. The van der Waals surface area contributed by atoms with Gasteiger partial charge in [0.1, 0.15) is 11.7 Å². The molecule has 1 aromatic carbocycles. The lowest BCUT2D eigenvalue weighted by molar-refractivity contribution is -0.170. The Morgan fingerprint density at radius 3 is 2.41 bits per heavy atom. The van der Waals surface area contributed by atoms with Gasteiger partial charge < -0.3 is 32.4 Å². The molecular formula is C29H35N7O8. The lowest BCUT2D eigenvalue weighted by Gasteiger charge is -2.64. The van der Waals surface area contributed by atoms with E-state index in [1.165, 1.54) is 37.2 Å². The van der Waals surface area contributed by atoms with Crippen molar-refractivity contribution in [1.29, 1.82) is 5.26 Å². The number of ketones is 4. The predicted molar refractivity (Wildman–Crippen MR) is 151 cm³/mol. The monoisotopic (exact) mass is 609 g/mol. The van der Waals surface area contributed by atoms with Gasteiger partial charge >= 0.3 is 0 Å². The van der Waals surface area contributed by atoms with Gasteiger partial charge in [-0.05, 0) is 32.1 Å². The average molecular weight is 610 g/mol. The number of carbonyl (C=O) groups is 6. The number of benzene rings is 1. The molecule has 1 aliphatic heterocycles. The van der Waals surface area contributed by atoms with Crippen molar-refractivity contribution >= 4 is 34.9 Å². The summed E-state index contributed by atoms with van der Waals surface area (Å²) in [5.41, 5.74) is 11.9. The normalized spacial score (nSPS) is 35.4. The van der Waals surface area contributed by atoms with Gasteiger partial charge in [0.15, 0.2) is 34.5 Å². The van der Waals surface area contributed by atoms with Crippen LogP contribution in [0.5, 0.6) is 5.75 Å². The molecule has 15 nitrogen and oxygen atoms in total. The van der Waals surface area contributed by atoms with Gasteiger partial charge in [0.25, 0.3) is 0 Å². The number of nitrogens with zero attached hydrogens (tertiary/aromatic N) is 3. The smallest absolute Gasteiger partial charge is 0.235 e. The highest BCUT2D eigenvalue weighted by molar-refractivity contribution is 6.33. The summed E-state index contributed by atoms with van der Waals surface area (Å²) < 4.78 is 5.34. The summed E-state index contributed by atoms with van der Waals surface area (Å²) in [7, 11) is 2.78. The van der Waals surface area contributed by atoms with E-state index in [0.29, 0.717) is 32.8 Å². The number of likely N-dealkylation sites (N-methyl/N-ethyl adjacent to an activating group) is 1. The summed E-state index contributed by atoms with van der Waals surface area (Å²) in [6.45, 7) is 2.45. The Labute approximate surface area is 252 Å². The number of primary amides is 1. The molecule has 2 unspecified atom stereocenters. The maximum absolute atomic E-state index is 14.6. The Hall–Kier alpha value is -4.07. The highest BCUT2D eigenvalue weighted by Crippen LogP contribution is 2.56. The van der Waals surface area contributed by atoms with Gasteiger partial charge in [0.2, 0.25) is 11.8 Å². The molecule has 7 atom stereocenters. The van der Waals surface area contributed by atoms with Crippen LogP contribution in [-0.4, -0.2) is 120 Å². The molecule has 44 heavy (non-hydrogen) atoms. The number of aromatic hydroxyl groups is 1. The Bertz CT molecular complexity index is 1520. The number of phenols is 1. The molecular weight excluding hydrogens is 574 g/mol. The number of phenolic OH excluding ortho intramolecular Hbond substituents is 1. The number of morpholine rings is 1. The maximum Gasteiger partial charge on any atom is 0.235 e. The average Bonchev–Trinajstić information content (AvgIpc) is 2.94. The van der Waals surface area contributed by atoms with E-state index >= 15 is 0 Å². The Morgan fingerprint density at radius 1 is 1.16 bits per heavy atom. The second kappa shape index (κ2) is 10.8. The fourth-order valence-electron chi connectivity index (χ4n) is 7.73. The van der Waals surface area contributed by atoms with Crippen LogP contribution < -0.4 is 22.5 Å². The standard InChI is InChI=1S/C29H35N7O8/c1-35(2)22-21(40)18(25(31)43)23(41)27(13-30)24(42)19-20(39)17-14(4-3-5-15(17)37)12-28(19,32)26(29(22,27)33)34-16(38)6-7-36-8-10-44-11-9-36/h3-5,18-19,22,26,37H,6-12,32-33H2,1-2H3,(H2,31,43)(H,34,38)/t18?,19?,22-,26+,27+,28+,29+/m1/s1. The van der Waals surface area contributed by atoms with Crippen molar-refractivity contribution in [3.05, 3.63) is 29.3 Å². The number of nitrogens with one attached hydrogen (secondary N) is 1. The molecule has 0 radical (unpaired) electrons. The van der Waals surface area contributed by atoms with E-state index in [-0.39, 0.29) is 24.0 Å². The van der Waals surface area contributed by atoms with Crippen molar-refractivity contribution in [2.24, 2.45) is 34.5 Å². The molecule has 3 fully saturated rings. The molecule has 4 aliphatic rings. The number of amides is 2. The molecule has 15 heteroatoms. The third kappa shape index (κ3) is 4.13. The minimum absolute atomic E-state index is 0.0927. The molecule has 5 rings (SSSR count). The van der Waals surface area contributed by atoms with Crippen molar-refractivity contribution in [1.82, 2.24) is 15.1 Å². The van der Waals surface area contributed by atoms with E-state index in [9.17, 15) is 39.1 Å². The summed E-state index contributed by atoms with van der Waals surface area (Å²) in [5, 5.41) is 24.0. The Balaban J connectivity index is 1.73. The van der Waals surface area contributed by atoms with Crippen LogP contribution in [0.4, 0.5) is 0 Å². The number of nitrogens with two attached hydrogens (primary N) is 3. The molecule has 1 saturated heterocycles. The molecule has 0 bridgehead atoms. The number of hydrogen-bond donors (Lipinski definition) is 5. The van der Waals surface area contributed by atoms with E-state index in [1.54, 1.807) is 6.07 Å². The van der Waals surface area contributed by atoms with Crippen LogP contribution in [0.25, 0.3) is 0 Å². The molecule has 0 spiro atoms.